The van der Waals surface area contributed by atoms with E-state index in [-0.39, 0.29) is 18.9 Å². The van der Waals surface area contributed by atoms with Crippen molar-refractivity contribution in [1.82, 2.24) is 19.5 Å². The van der Waals surface area contributed by atoms with Gasteiger partial charge in [-0.15, -0.1) is 5.10 Å². The van der Waals surface area contributed by atoms with Crippen molar-refractivity contribution in [2.24, 2.45) is 0 Å². The topological polar surface area (TPSA) is 92.1 Å². The number of nitrogens with zero attached hydrogens (tertiary/aromatic N) is 5. The minimum Gasteiger partial charge on any atom is -0.444 e. The number of rotatable bonds is 4. The number of ether oxygens (including phenoxy) is 1. The van der Waals surface area contributed by atoms with Gasteiger partial charge in [-0.1, -0.05) is 18.2 Å². The molecule has 1 aromatic carbocycles. The van der Waals surface area contributed by atoms with Crippen molar-refractivity contribution >= 4 is 29.3 Å². The summed E-state index contributed by atoms with van der Waals surface area (Å²) in [5, 5.41) is 6.99. The number of fused-ring (bicyclic) bond motifs is 1. The molecule has 0 bridgehead atoms. The summed E-state index contributed by atoms with van der Waals surface area (Å²) in [4.78, 5) is 32.9. The van der Waals surface area contributed by atoms with Crippen molar-refractivity contribution in [3.8, 4) is 11.1 Å². The van der Waals surface area contributed by atoms with Gasteiger partial charge in [0.05, 0.1) is 6.54 Å². The van der Waals surface area contributed by atoms with E-state index in [4.69, 9.17) is 4.74 Å². The van der Waals surface area contributed by atoms with Crippen LogP contribution in [0.3, 0.4) is 0 Å². The molecule has 0 aliphatic carbocycles. The number of pyridine rings is 1. The Morgan fingerprint density at radius 3 is 2.62 bits per heavy atom. The van der Waals surface area contributed by atoms with Gasteiger partial charge in [0.1, 0.15) is 17.8 Å². The van der Waals surface area contributed by atoms with Crippen LogP contribution in [0, 0.1) is 0 Å². The summed E-state index contributed by atoms with van der Waals surface area (Å²) in [7, 11) is 3.96. The molecule has 1 aliphatic rings. The van der Waals surface area contributed by atoms with Crippen LogP contribution < -0.4 is 10.2 Å². The number of aromatic nitrogens is 3. The number of carbonyl (C=O) groups is 2. The molecule has 1 saturated heterocycles. The van der Waals surface area contributed by atoms with E-state index in [0.29, 0.717) is 5.65 Å². The van der Waals surface area contributed by atoms with Gasteiger partial charge in [0.25, 0.3) is 0 Å². The zero-order valence-corrected chi connectivity index (χ0v) is 19.9. The van der Waals surface area contributed by atoms with Crippen LogP contribution in [0.5, 0.6) is 0 Å². The van der Waals surface area contributed by atoms with E-state index in [1.807, 2.05) is 61.6 Å². The van der Waals surface area contributed by atoms with Crippen LogP contribution in [0.15, 0.2) is 42.6 Å². The fourth-order valence-electron chi connectivity index (χ4n) is 3.95. The maximum absolute atomic E-state index is 14.1. The molecule has 4 rings (SSSR count). The molecular weight excluding hydrogens is 439 g/mol. The summed E-state index contributed by atoms with van der Waals surface area (Å²) in [6, 6.07) is 10.7. The number of nitrogens with one attached hydrogen (secondary N) is 1. The highest BCUT2D eigenvalue weighted by Crippen LogP contribution is 2.30. The van der Waals surface area contributed by atoms with E-state index in [0.717, 1.165) is 21.7 Å². The van der Waals surface area contributed by atoms with Crippen molar-refractivity contribution in [3.05, 3.63) is 42.6 Å². The van der Waals surface area contributed by atoms with E-state index in [1.54, 1.807) is 25.3 Å². The minimum absolute atomic E-state index is 0.0782. The molecule has 0 unspecified atom stereocenters. The number of benzene rings is 1. The molecule has 1 aliphatic heterocycles. The Kier molecular flexibility index (Phi) is 6.16. The van der Waals surface area contributed by atoms with Gasteiger partial charge in [0, 0.05) is 43.5 Å². The first-order valence-corrected chi connectivity index (χ1v) is 11.1. The van der Waals surface area contributed by atoms with Crippen LogP contribution in [0.2, 0.25) is 0 Å². The van der Waals surface area contributed by atoms with Gasteiger partial charge in [-0.3, -0.25) is 15.0 Å². The standard InChI is InChI=1S/C24H29FN6O3/c1-24(2,3)34-23(33)30-14-16(25)12-19(30)21(32)27-22-26-20-11-10-15(13-31(20)28-22)17-8-6-7-9-18(17)29(4)5/h6-11,13,16,19H,12,14H2,1-5H3,(H,27,28,32)/t16-,19+/m0/s1. The molecule has 34 heavy (non-hydrogen) atoms. The zero-order valence-electron chi connectivity index (χ0n) is 19.9. The molecule has 3 aromatic rings. The summed E-state index contributed by atoms with van der Waals surface area (Å²) in [5.74, 6) is -0.477. The first kappa shape index (κ1) is 23.5. The minimum atomic E-state index is -1.31. The van der Waals surface area contributed by atoms with E-state index < -0.39 is 29.8 Å². The van der Waals surface area contributed by atoms with Crippen LogP contribution in [0.25, 0.3) is 16.8 Å². The van der Waals surface area contributed by atoms with Gasteiger partial charge in [0.15, 0.2) is 5.65 Å². The molecule has 0 spiro atoms. The highest BCUT2D eigenvalue weighted by atomic mass is 19.1. The lowest BCUT2D eigenvalue weighted by atomic mass is 10.1. The van der Waals surface area contributed by atoms with Gasteiger partial charge >= 0.3 is 6.09 Å². The number of para-hydroxylation sites is 1. The van der Waals surface area contributed by atoms with Crippen molar-refractivity contribution < 1.29 is 18.7 Å². The largest absolute Gasteiger partial charge is 0.444 e. The second kappa shape index (κ2) is 8.92. The van der Waals surface area contributed by atoms with E-state index in [9.17, 15) is 14.0 Å². The molecule has 1 fully saturated rings. The Bertz CT molecular complexity index is 1220. The predicted molar refractivity (Wildman–Crippen MR) is 128 cm³/mol. The third kappa shape index (κ3) is 4.95. The number of amides is 2. The summed E-state index contributed by atoms with van der Waals surface area (Å²) in [5.41, 5.74) is 2.81. The molecule has 2 aromatic heterocycles. The molecular formula is C24H29FN6O3. The van der Waals surface area contributed by atoms with Gasteiger partial charge < -0.3 is 9.64 Å². The Balaban J connectivity index is 1.54. The molecule has 10 heteroatoms. The van der Waals surface area contributed by atoms with Gasteiger partial charge in [0.2, 0.25) is 11.9 Å². The van der Waals surface area contributed by atoms with E-state index >= 15 is 0 Å². The average Bonchev–Trinajstić information content (AvgIpc) is 3.34. The number of likely N-dealkylation sites (tertiary alicyclic amines) is 1. The lowest BCUT2D eigenvalue weighted by Crippen LogP contribution is -2.45. The molecule has 0 radical (unpaired) electrons. The summed E-state index contributed by atoms with van der Waals surface area (Å²) >= 11 is 0. The summed E-state index contributed by atoms with van der Waals surface area (Å²) in [6.07, 6.45) is -0.304. The number of alkyl halides is 1. The van der Waals surface area contributed by atoms with E-state index in [1.165, 1.54) is 0 Å². The molecule has 2 amide bonds. The SMILES string of the molecule is CN(C)c1ccccc1-c1ccc2nc(NC(=O)[C@H]3C[C@H](F)CN3C(=O)OC(C)(C)C)nn2c1. The second-order valence-corrected chi connectivity index (χ2v) is 9.54. The molecule has 2 atom stereocenters. The monoisotopic (exact) mass is 468 g/mol. The van der Waals surface area contributed by atoms with E-state index in [2.05, 4.69) is 15.4 Å². The molecule has 3 heterocycles. The number of halogens is 1. The van der Waals surface area contributed by atoms with Crippen molar-refractivity contribution in [3.63, 3.8) is 0 Å². The first-order valence-electron chi connectivity index (χ1n) is 11.1. The third-order valence-corrected chi connectivity index (χ3v) is 5.44. The van der Waals surface area contributed by atoms with Crippen molar-refractivity contribution in [2.75, 3.05) is 30.9 Å². The highest BCUT2D eigenvalue weighted by molar-refractivity contribution is 5.96. The molecule has 0 saturated carbocycles. The van der Waals surface area contributed by atoms with Crippen LogP contribution in [0.4, 0.5) is 20.8 Å². The van der Waals surface area contributed by atoms with Crippen LogP contribution in [-0.4, -0.2) is 70.0 Å². The highest BCUT2D eigenvalue weighted by Gasteiger charge is 2.42. The first-order chi connectivity index (χ1) is 16.0. The van der Waals surface area contributed by atoms with Gasteiger partial charge in [-0.25, -0.2) is 13.7 Å². The Morgan fingerprint density at radius 2 is 1.91 bits per heavy atom. The quantitative estimate of drug-likeness (QED) is 0.627. The lowest BCUT2D eigenvalue weighted by molar-refractivity contribution is -0.120. The molecule has 9 nitrogen and oxygen atoms in total. The van der Waals surface area contributed by atoms with Gasteiger partial charge in [-0.05, 0) is 39.0 Å². The van der Waals surface area contributed by atoms with Crippen LogP contribution >= 0.6 is 0 Å². The van der Waals surface area contributed by atoms with Crippen molar-refractivity contribution in [1.29, 1.82) is 0 Å². The maximum Gasteiger partial charge on any atom is 0.411 e. The number of anilines is 2. The Morgan fingerprint density at radius 1 is 1.18 bits per heavy atom. The molecule has 180 valence electrons. The second-order valence-electron chi connectivity index (χ2n) is 9.54. The number of hydrogen-bond acceptors (Lipinski definition) is 6. The normalized spacial score (nSPS) is 18.2. The zero-order chi connectivity index (χ0) is 24.6. The fourth-order valence-corrected chi connectivity index (χ4v) is 3.95. The Hall–Kier alpha value is -3.69. The lowest BCUT2D eigenvalue weighted by Gasteiger charge is -2.27. The number of carbonyl (C=O) groups excluding carboxylic acids is 2. The number of hydrogen-bond donors (Lipinski definition) is 1. The Labute approximate surface area is 197 Å². The average molecular weight is 469 g/mol. The summed E-state index contributed by atoms with van der Waals surface area (Å²) < 4.78 is 21.0. The fraction of sp³-hybridized carbons (Fsp3) is 0.417. The van der Waals surface area contributed by atoms with Crippen molar-refractivity contribution in [2.45, 2.75) is 45.0 Å². The smallest absolute Gasteiger partial charge is 0.411 e. The maximum atomic E-state index is 14.1. The third-order valence-electron chi connectivity index (χ3n) is 5.44. The van der Waals surface area contributed by atoms with Gasteiger partial charge in [-0.2, -0.15) is 4.98 Å². The molecule has 1 N–H and O–H groups in total. The van der Waals surface area contributed by atoms with Crippen LogP contribution in [0.1, 0.15) is 27.2 Å². The predicted octanol–water partition coefficient (Wildman–Crippen LogP) is 3.75. The summed E-state index contributed by atoms with van der Waals surface area (Å²) in [6.45, 7) is 4.96. The van der Waals surface area contributed by atoms with Crippen LogP contribution in [-0.2, 0) is 9.53 Å².